The Balaban J connectivity index is 2.88. The van der Waals surface area contributed by atoms with Crippen molar-refractivity contribution >= 4 is 11.5 Å². The second-order valence-electron chi connectivity index (χ2n) is 4.12. The molecule has 0 aromatic carbocycles. The third kappa shape index (κ3) is 3.10. The fraction of sp³-hybridized carbons (Fsp3) is 0.583. The van der Waals surface area contributed by atoms with Gasteiger partial charge in [-0.1, -0.05) is 0 Å². The van der Waals surface area contributed by atoms with Crippen LogP contribution in [0.3, 0.4) is 0 Å². The molecular formula is C12H21N3O. The van der Waals surface area contributed by atoms with Crippen LogP contribution in [0.4, 0.5) is 11.5 Å². The summed E-state index contributed by atoms with van der Waals surface area (Å²) in [6.07, 6.45) is 0. The summed E-state index contributed by atoms with van der Waals surface area (Å²) in [6.45, 7) is 7.74. The van der Waals surface area contributed by atoms with Gasteiger partial charge in [-0.25, -0.2) is 4.98 Å². The van der Waals surface area contributed by atoms with Crippen LogP contribution in [0.5, 0.6) is 0 Å². The van der Waals surface area contributed by atoms with Crippen molar-refractivity contribution in [3.8, 4) is 0 Å². The maximum atomic E-state index is 5.76. The molecule has 4 nitrogen and oxygen atoms in total. The predicted molar refractivity (Wildman–Crippen MR) is 67.7 cm³/mol. The van der Waals surface area contributed by atoms with E-state index in [-0.39, 0.29) is 0 Å². The molecule has 0 aliphatic carbocycles. The summed E-state index contributed by atoms with van der Waals surface area (Å²) in [5, 5.41) is 0. The van der Waals surface area contributed by atoms with E-state index in [4.69, 9.17) is 10.5 Å². The van der Waals surface area contributed by atoms with Gasteiger partial charge in [0, 0.05) is 19.7 Å². The Morgan fingerprint density at radius 1 is 1.44 bits per heavy atom. The molecule has 90 valence electrons. The normalized spacial score (nSPS) is 10.8. The first-order valence-corrected chi connectivity index (χ1v) is 5.55. The Morgan fingerprint density at radius 2 is 2.12 bits per heavy atom. The van der Waals surface area contributed by atoms with E-state index in [1.165, 1.54) is 0 Å². The Hall–Kier alpha value is -1.29. The summed E-state index contributed by atoms with van der Waals surface area (Å²) in [4.78, 5) is 6.70. The number of anilines is 2. The molecule has 0 atom stereocenters. The highest BCUT2D eigenvalue weighted by atomic mass is 16.5. The molecule has 0 spiro atoms. The molecule has 1 aromatic heterocycles. The van der Waals surface area contributed by atoms with Gasteiger partial charge < -0.3 is 15.4 Å². The van der Waals surface area contributed by atoms with Gasteiger partial charge in [0.25, 0.3) is 0 Å². The van der Waals surface area contributed by atoms with Crippen LogP contribution in [0.15, 0.2) is 12.1 Å². The zero-order chi connectivity index (χ0) is 12.1. The molecule has 4 heteroatoms. The SMILES string of the molecule is COCCN(c1ccc(N)c(C)n1)C(C)C. The van der Waals surface area contributed by atoms with E-state index in [1.807, 2.05) is 19.1 Å². The molecule has 16 heavy (non-hydrogen) atoms. The molecule has 1 heterocycles. The van der Waals surface area contributed by atoms with Crippen LogP contribution in [0.25, 0.3) is 0 Å². The first kappa shape index (κ1) is 12.8. The highest BCUT2D eigenvalue weighted by Gasteiger charge is 2.12. The summed E-state index contributed by atoms with van der Waals surface area (Å²) < 4.78 is 5.10. The molecule has 0 fully saturated rings. The van der Waals surface area contributed by atoms with Gasteiger partial charge in [-0.2, -0.15) is 0 Å². The number of pyridine rings is 1. The number of ether oxygens (including phenoxy) is 1. The van der Waals surface area contributed by atoms with Crippen molar-refractivity contribution < 1.29 is 4.74 Å². The van der Waals surface area contributed by atoms with Crippen molar-refractivity contribution in [1.29, 1.82) is 0 Å². The molecule has 0 amide bonds. The van der Waals surface area contributed by atoms with Gasteiger partial charge in [-0.05, 0) is 32.9 Å². The van der Waals surface area contributed by atoms with Gasteiger partial charge in [0.15, 0.2) is 0 Å². The van der Waals surface area contributed by atoms with Gasteiger partial charge >= 0.3 is 0 Å². The standard InChI is InChI=1S/C12H21N3O/c1-9(2)15(7-8-16-4)12-6-5-11(13)10(3)14-12/h5-6,9H,7-8,13H2,1-4H3. The van der Waals surface area contributed by atoms with Crippen LogP contribution in [0, 0.1) is 6.92 Å². The van der Waals surface area contributed by atoms with Gasteiger partial charge in [0.1, 0.15) is 5.82 Å². The quantitative estimate of drug-likeness (QED) is 0.827. The predicted octanol–water partition coefficient (Wildman–Crippen LogP) is 1.83. The molecule has 1 rings (SSSR count). The topological polar surface area (TPSA) is 51.4 Å². The highest BCUT2D eigenvalue weighted by molar-refractivity contribution is 5.50. The fourth-order valence-corrected chi connectivity index (χ4v) is 1.55. The molecule has 0 aliphatic heterocycles. The number of rotatable bonds is 5. The summed E-state index contributed by atoms with van der Waals surface area (Å²) in [7, 11) is 1.71. The molecule has 0 radical (unpaired) electrons. The van der Waals surface area contributed by atoms with Crippen molar-refractivity contribution in [1.82, 2.24) is 4.98 Å². The third-order valence-electron chi connectivity index (χ3n) is 2.57. The Bertz CT molecular complexity index is 339. The highest BCUT2D eigenvalue weighted by Crippen LogP contribution is 2.17. The number of nitrogens with two attached hydrogens (primary N) is 1. The Labute approximate surface area is 97.4 Å². The lowest BCUT2D eigenvalue weighted by molar-refractivity contribution is 0.203. The zero-order valence-electron chi connectivity index (χ0n) is 10.5. The van der Waals surface area contributed by atoms with Gasteiger partial charge in [0.05, 0.1) is 18.0 Å². The summed E-state index contributed by atoms with van der Waals surface area (Å²) in [5.74, 6) is 0.957. The van der Waals surface area contributed by atoms with E-state index in [1.54, 1.807) is 7.11 Å². The van der Waals surface area contributed by atoms with Crippen LogP contribution in [-0.2, 0) is 4.74 Å². The zero-order valence-corrected chi connectivity index (χ0v) is 10.5. The minimum atomic E-state index is 0.394. The van der Waals surface area contributed by atoms with Crippen LogP contribution in [0.2, 0.25) is 0 Å². The number of hydrogen-bond donors (Lipinski definition) is 1. The number of aryl methyl sites for hydroxylation is 1. The van der Waals surface area contributed by atoms with Crippen molar-refractivity contribution in [2.45, 2.75) is 26.8 Å². The Morgan fingerprint density at radius 3 is 2.62 bits per heavy atom. The monoisotopic (exact) mass is 223 g/mol. The second kappa shape index (κ2) is 5.70. The van der Waals surface area contributed by atoms with Gasteiger partial charge in [-0.15, -0.1) is 0 Å². The molecule has 2 N–H and O–H groups in total. The van der Waals surface area contributed by atoms with E-state index >= 15 is 0 Å². The average molecular weight is 223 g/mol. The molecular weight excluding hydrogens is 202 g/mol. The minimum Gasteiger partial charge on any atom is -0.397 e. The van der Waals surface area contributed by atoms with Gasteiger partial charge in [-0.3, -0.25) is 0 Å². The summed E-state index contributed by atoms with van der Waals surface area (Å²) in [6, 6.07) is 4.25. The fourth-order valence-electron chi connectivity index (χ4n) is 1.55. The minimum absolute atomic E-state index is 0.394. The maximum Gasteiger partial charge on any atom is 0.129 e. The molecule has 0 saturated heterocycles. The number of hydrogen-bond acceptors (Lipinski definition) is 4. The molecule has 0 unspecified atom stereocenters. The van der Waals surface area contributed by atoms with Crippen molar-refractivity contribution in [3.63, 3.8) is 0 Å². The maximum absolute atomic E-state index is 5.76. The van der Waals surface area contributed by atoms with Crippen LogP contribution in [-0.4, -0.2) is 31.3 Å². The van der Waals surface area contributed by atoms with Crippen molar-refractivity contribution in [2.75, 3.05) is 30.9 Å². The van der Waals surface area contributed by atoms with E-state index in [9.17, 15) is 0 Å². The second-order valence-corrected chi connectivity index (χ2v) is 4.12. The number of nitrogen functional groups attached to an aromatic ring is 1. The first-order chi connectivity index (χ1) is 7.56. The molecule has 0 saturated carbocycles. The van der Waals surface area contributed by atoms with Crippen LogP contribution < -0.4 is 10.6 Å². The third-order valence-corrected chi connectivity index (χ3v) is 2.57. The van der Waals surface area contributed by atoms with Crippen LogP contribution >= 0.6 is 0 Å². The molecule has 0 bridgehead atoms. The lowest BCUT2D eigenvalue weighted by Gasteiger charge is -2.28. The van der Waals surface area contributed by atoms with E-state index in [2.05, 4.69) is 23.7 Å². The first-order valence-electron chi connectivity index (χ1n) is 5.55. The molecule has 1 aromatic rings. The van der Waals surface area contributed by atoms with Gasteiger partial charge in [0.2, 0.25) is 0 Å². The lowest BCUT2D eigenvalue weighted by Crippen LogP contribution is -2.34. The largest absolute Gasteiger partial charge is 0.397 e. The Kier molecular flexibility index (Phi) is 4.55. The van der Waals surface area contributed by atoms with E-state index < -0.39 is 0 Å². The van der Waals surface area contributed by atoms with Crippen molar-refractivity contribution in [3.05, 3.63) is 17.8 Å². The number of nitrogens with zero attached hydrogens (tertiary/aromatic N) is 2. The summed E-state index contributed by atoms with van der Waals surface area (Å²) in [5.41, 5.74) is 7.37. The van der Waals surface area contributed by atoms with Crippen LogP contribution in [0.1, 0.15) is 19.5 Å². The number of methoxy groups -OCH3 is 1. The lowest BCUT2D eigenvalue weighted by atomic mass is 10.2. The number of aromatic nitrogens is 1. The smallest absolute Gasteiger partial charge is 0.129 e. The van der Waals surface area contributed by atoms with E-state index in [0.29, 0.717) is 12.6 Å². The van der Waals surface area contributed by atoms with Crippen molar-refractivity contribution in [2.24, 2.45) is 0 Å². The molecule has 0 aliphatic rings. The summed E-state index contributed by atoms with van der Waals surface area (Å²) >= 11 is 0. The van der Waals surface area contributed by atoms with E-state index in [0.717, 1.165) is 23.7 Å². The average Bonchev–Trinajstić information content (AvgIpc) is 2.23.